The van der Waals surface area contributed by atoms with Gasteiger partial charge in [0.2, 0.25) is 0 Å². The molecule has 0 heterocycles. The third-order valence-electron chi connectivity index (χ3n) is 4.63. The lowest BCUT2D eigenvalue weighted by atomic mass is 9.93. The Kier molecular flexibility index (Phi) is 6.49. The van der Waals surface area contributed by atoms with Gasteiger partial charge in [0.05, 0.1) is 0 Å². The first kappa shape index (κ1) is 20.1. The zero-order chi connectivity index (χ0) is 19.3. The molecule has 0 aliphatic heterocycles. The maximum absolute atomic E-state index is 13.0. The van der Waals surface area contributed by atoms with Crippen molar-refractivity contribution in [3.63, 3.8) is 0 Å². The van der Waals surface area contributed by atoms with Crippen LogP contribution in [0.25, 0.3) is 0 Å². The molecule has 1 aliphatic rings. The molecule has 0 aromatic heterocycles. The van der Waals surface area contributed by atoms with Gasteiger partial charge in [-0.15, -0.1) is 0 Å². The predicted molar refractivity (Wildman–Crippen MR) is 93.8 cm³/mol. The van der Waals surface area contributed by atoms with Gasteiger partial charge in [-0.3, -0.25) is 9.59 Å². The summed E-state index contributed by atoms with van der Waals surface area (Å²) in [6.07, 6.45) is 1.47. The van der Waals surface area contributed by atoms with Crippen LogP contribution in [0.4, 0.5) is 8.78 Å². The van der Waals surface area contributed by atoms with Crippen molar-refractivity contribution in [3.05, 3.63) is 35.4 Å². The van der Waals surface area contributed by atoms with Gasteiger partial charge >= 0.3 is 0 Å². The Morgan fingerprint density at radius 3 is 2.31 bits per heavy atom. The van der Waals surface area contributed by atoms with Crippen LogP contribution in [0.15, 0.2) is 24.3 Å². The molecule has 2 atom stereocenters. The van der Waals surface area contributed by atoms with Crippen molar-refractivity contribution in [2.24, 2.45) is 5.92 Å². The topological polar surface area (TPSA) is 66.4 Å². The highest BCUT2D eigenvalue weighted by atomic mass is 19.3. The Bertz CT molecular complexity index is 711. The monoisotopic (exact) mass is 363 g/mol. The van der Waals surface area contributed by atoms with Crippen molar-refractivity contribution in [2.45, 2.75) is 57.6 Å². The Morgan fingerprint density at radius 1 is 1.23 bits per heavy atom. The molecule has 0 spiro atoms. The van der Waals surface area contributed by atoms with Gasteiger partial charge in [0.25, 0.3) is 12.3 Å². The first-order valence-electron chi connectivity index (χ1n) is 8.65. The minimum Gasteiger partial charge on any atom is -0.382 e. The van der Waals surface area contributed by atoms with Crippen LogP contribution in [-0.4, -0.2) is 34.9 Å². The van der Waals surface area contributed by atoms with Crippen LogP contribution in [0.1, 0.15) is 55.5 Å². The number of hydrogen-bond donors (Lipinski definition) is 2. The highest BCUT2D eigenvalue weighted by Crippen LogP contribution is 2.24. The average molecular weight is 363 g/mol. The molecule has 0 unspecified atom stereocenters. The van der Waals surface area contributed by atoms with E-state index in [2.05, 4.69) is 17.2 Å². The van der Waals surface area contributed by atoms with Crippen LogP contribution in [0.5, 0.6) is 0 Å². The number of aliphatic hydroxyl groups is 1. The third-order valence-corrected chi connectivity index (χ3v) is 4.63. The van der Waals surface area contributed by atoms with Crippen LogP contribution < -0.4 is 5.32 Å². The van der Waals surface area contributed by atoms with E-state index in [4.69, 9.17) is 0 Å². The highest BCUT2D eigenvalue weighted by molar-refractivity contribution is 5.98. The second kappa shape index (κ2) is 8.41. The minimum absolute atomic E-state index is 0.202. The molecule has 140 valence electrons. The molecule has 26 heavy (non-hydrogen) atoms. The van der Waals surface area contributed by atoms with E-state index in [0.29, 0.717) is 5.92 Å². The van der Waals surface area contributed by atoms with Crippen molar-refractivity contribution in [1.82, 2.24) is 5.32 Å². The standard InChI is InChI=1S/C20H23F2NO3/c1-13(24)17(20(2,26)19(21)22)23-18(25)16-11-9-15(10-12-16)8-7-14-5-3-4-6-14/h9-12,14,17,19,26H,3-6H2,1-2H3,(H,23,25)/t17-,20+/m1/s1. The van der Waals surface area contributed by atoms with Crippen LogP contribution in [0.2, 0.25) is 0 Å². The summed E-state index contributed by atoms with van der Waals surface area (Å²) in [7, 11) is 0. The fourth-order valence-corrected chi connectivity index (χ4v) is 2.96. The van der Waals surface area contributed by atoms with Gasteiger partial charge in [0.15, 0.2) is 5.78 Å². The second-order valence-electron chi connectivity index (χ2n) is 6.87. The molecule has 4 nitrogen and oxygen atoms in total. The number of benzene rings is 1. The minimum atomic E-state index is -3.18. The van der Waals surface area contributed by atoms with Crippen molar-refractivity contribution in [3.8, 4) is 11.8 Å². The second-order valence-corrected chi connectivity index (χ2v) is 6.87. The van der Waals surface area contributed by atoms with Crippen LogP contribution in [0, 0.1) is 17.8 Å². The van der Waals surface area contributed by atoms with E-state index in [0.717, 1.165) is 32.3 Å². The zero-order valence-electron chi connectivity index (χ0n) is 14.9. The van der Waals surface area contributed by atoms with E-state index >= 15 is 0 Å². The summed E-state index contributed by atoms with van der Waals surface area (Å²) in [5.74, 6) is 5.26. The fraction of sp³-hybridized carbons (Fsp3) is 0.500. The van der Waals surface area contributed by atoms with Crippen LogP contribution in [-0.2, 0) is 4.79 Å². The third kappa shape index (κ3) is 4.89. The van der Waals surface area contributed by atoms with E-state index in [1.165, 1.54) is 25.0 Å². The first-order chi connectivity index (χ1) is 12.2. The van der Waals surface area contributed by atoms with E-state index in [9.17, 15) is 23.5 Å². The van der Waals surface area contributed by atoms with Gasteiger partial charge in [-0.25, -0.2) is 8.78 Å². The Morgan fingerprint density at radius 2 is 1.81 bits per heavy atom. The molecule has 1 saturated carbocycles. The first-order valence-corrected chi connectivity index (χ1v) is 8.65. The number of Topliss-reactive ketones (excluding diaryl/α,β-unsaturated/α-hetero) is 1. The van der Waals surface area contributed by atoms with Gasteiger partial charge in [-0.05, 0) is 51.0 Å². The highest BCUT2D eigenvalue weighted by Gasteiger charge is 2.44. The van der Waals surface area contributed by atoms with Crippen LogP contribution in [0.3, 0.4) is 0 Å². The summed E-state index contributed by atoms with van der Waals surface area (Å²) in [5.41, 5.74) is -1.68. The largest absolute Gasteiger partial charge is 0.382 e. The van der Waals surface area contributed by atoms with Crippen molar-refractivity contribution in [1.29, 1.82) is 0 Å². The number of amides is 1. The molecule has 1 fully saturated rings. The molecule has 1 aromatic carbocycles. The normalized spacial score (nSPS) is 17.9. The van der Waals surface area contributed by atoms with E-state index in [1.54, 1.807) is 12.1 Å². The molecule has 6 heteroatoms. The molecule has 1 aromatic rings. The number of ketones is 1. The number of alkyl halides is 2. The number of carbonyl (C=O) groups is 2. The average Bonchev–Trinajstić information content (AvgIpc) is 3.11. The molecule has 1 aliphatic carbocycles. The summed E-state index contributed by atoms with van der Waals surface area (Å²) >= 11 is 0. The fourth-order valence-electron chi connectivity index (χ4n) is 2.96. The summed E-state index contributed by atoms with van der Waals surface area (Å²) in [5, 5.41) is 12.0. The lowest BCUT2D eigenvalue weighted by Crippen LogP contribution is -2.58. The number of carbonyl (C=O) groups excluding carboxylic acids is 2. The van der Waals surface area contributed by atoms with E-state index in [-0.39, 0.29) is 5.56 Å². The quantitative estimate of drug-likeness (QED) is 0.791. The van der Waals surface area contributed by atoms with E-state index < -0.39 is 29.8 Å². The summed E-state index contributed by atoms with van der Waals surface area (Å²) in [4.78, 5) is 23.9. The lowest BCUT2D eigenvalue weighted by Gasteiger charge is -2.30. The Balaban J connectivity index is 2.07. The molecule has 2 N–H and O–H groups in total. The molecule has 2 rings (SSSR count). The maximum Gasteiger partial charge on any atom is 0.269 e. The summed E-state index contributed by atoms with van der Waals surface area (Å²) in [6.45, 7) is 1.87. The predicted octanol–water partition coefficient (Wildman–Crippen LogP) is 2.93. The molecule has 0 radical (unpaired) electrons. The Labute approximate surface area is 152 Å². The molecule has 0 saturated heterocycles. The summed E-state index contributed by atoms with van der Waals surface area (Å²) < 4.78 is 25.9. The molecular formula is C20H23F2NO3. The van der Waals surface area contributed by atoms with E-state index in [1.807, 2.05) is 0 Å². The number of nitrogens with one attached hydrogen (secondary N) is 1. The lowest BCUT2D eigenvalue weighted by molar-refractivity contribution is -0.138. The SMILES string of the molecule is CC(=O)[C@@H](NC(=O)c1ccc(C#CC2CCCC2)cc1)[C@](C)(O)C(F)F. The molecular weight excluding hydrogens is 340 g/mol. The number of hydrogen-bond acceptors (Lipinski definition) is 3. The van der Waals surface area contributed by atoms with Gasteiger partial charge in [0, 0.05) is 17.0 Å². The van der Waals surface area contributed by atoms with Gasteiger partial charge in [0.1, 0.15) is 11.6 Å². The molecule has 1 amide bonds. The molecule has 0 bridgehead atoms. The Hall–Kier alpha value is -2.26. The van der Waals surface area contributed by atoms with Crippen molar-refractivity contribution < 1.29 is 23.5 Å². The van der Waals surface area contributed by atoms with Gasteiger partial charge in [-0.2, -0.15) is 0 Å². The summed E-state index contributed by atoms with van der Waals surface area (Å²) in [6, 6.07) is 4.68. The van der Waals surface area contributed by atoms with Gasteiger partial charge in [-0.1, -0.05) is 24.7 Å². The smallest absolute Gasteiger partial charge is 0.269 e. The zero-order valence-corrected chi connectivity index (χ0v) is 14.9. The van der Waals surface area contributed by atoms with Crippen LogP contribution >= 0.6 is 0 Å². The van der Waals surface area contributed by atoms with Crippen molar-refractivity contribution in [2.75, 3.05) is 0 Å². The maximum atomic E-state index is 13.0. The van der Waals surface area contributed by atoms with Crippen molar-refractivity contribution >= 4 is 11.7 Å². The van der Waals surface area contributed by atoms with Gasteiger partial charge < -0.3 is 10.4 Å². The number of halogens is 2. The number of rotatable bonds is 5.